The van der Waals surface area contributed by atoms with Crippen LogP contribution >= 0.6 is 11.3 Å². The Morgan fingerprint density at radius 1 is 1.03 bits per heavy atom. The molecule has 1 amide bonds. The maximum Gasteiger partial charge on any atom is 0.263 e. The highest BCUT2D eigenvalue weighted by atomic mass is 32.1. The van der Waals surface area contributed by atoms with E-state index in [2.05, 4.69) is 5.32 Å². The van der Waals surface area contributed by atoms with Crippen LogP contribution in [0.15, 0.2) is 72.4 Å². The number of hydrogen-bond donors (Lipinski definition) is 1. The first-order valence-corrected chi connectivity index (χ1v) is 11.0. The van der Waals surface area contributed by atoms with Gasteiger partial charge in [-0.1, -0.05) is 18.2 Å². The average molecular weight is 451 g/mol. The molecule has 0 unspecified atom stereocenters. The maximum absolute atomic E-state index is 13.4. The average Bonchev–Trinajstić information content (AvgIpc) is 3.49. The van der Waals surface area contributed by atoms with Crippen LogP contribution in [-0.4, -0.2) is 31.2 Å². The fourth-order valence-electron chi connectivity index (χ4n) is 3.52. The summed E-state index contributed by atoms with van der Waals surface area (Å²) in [6.45, 7) is 0.475. The van der Waals surface area contributed by atoms with Crippen molar-refractivity contribution in [2.24, 2.45) is 0 Å². The molecule has 0 atom stereocenters. The lowest BCUT2D eigenvalue weighted by Crippen LogP contribution is -2.25. The molecule has 5 nitrogen and oxygen atoms in total. The Bertz CT molecular complexity index is 1200. The van der Waals surface area contributed by atoms with E-state index in [-0.39, 0.29) is 11.7 Å². The Labute approximate surface area is 190 Å². The SMILES string of the molecule is COc1ccc(CCNC(=O)c2scc(-c3ccc(F)cc3)c2-n2cccc2)cc1OC. The number of ether oxygens (including phenoxy) is 2. The number of nitrogens with zero attached hydrogens (tertiary/aromatic N) is 1. The van der Waals surface area contributed by atoms with Crippen LogP contribution < -0.4 is 14.8 Å². The smallest absolute Gasteiger partial charge is 0.263 e. The molecule has 164 valence electrons. The summed E-state index contributed by atoms with van der Waals surface area (Å²) in [5.41, 5.74) is 3.56. The lowest BCUT2D eigenvalue weighted by molar-refractivity contribution is 0.0958. The van der Waals surface area contributed by atoms with Crippen LogP contribution in [0, 0.1) is 5.82 Å². The van der Waals surface area contributed by atoms with Crippen LogP contribution in [-0.2, 0) is 6.42 Å². The molecule has 2 aromatic carbocycles. The number of halogens is 1. The molecule has 0 saturated heterocycles. The normalized spacial score (nSPS) is 10.7. The van der Waals surface area contributed by atoms with E-state index in [0.717, 1.165) is 22.4 Å². The topological polar surface area (TPSA) is 52.5 Å². The minimum atomic E-state index is -0.292. The van der Waals surface area contributed by atoms with E-state index in [1.54, 1.807) is 26.4 Å². The van der Waals surface area contributed by atoms with E-state index in [0.29, 0.717) is 29.3 Å². The largest absolute Gasteiger partial charge is 0.493 e. The van der Waals surface area contributed by atoms with Crippen LogP contribution in [0.4, 0.5) is 4.39 Å². The van der Waals surface area contributed by atoms with Crippen LogP contribution in [0.1, 0.15) is 15.2 Å². The van der Waals surface area contributed by atoms with Gasteiger partial charge >= 0.3 is 0 Å². The molecule has 4 rings (SSSR count). The van der Waals surface area contributed by atoms with Crippen molar-refractivity contribution in [3.63, 3.8) is 0 Å². The highest BCUT2D eigenvalue weighted by Gasteiger charge is 2.20. The number of rotatable bonds is 8. The first kappa shape index (κ1) is 21.6. The molecule has 0 aliphatic carbocycles. The summed E-state index contributed by atoms with van der Waals surface area (Å²) in [7, 11) is 3.20. The number of amides is 1. The van der Waals surface area contributed by atoms with Crippen molar-refractivity contribution < 1.29 is 18.7 Å². The molecule has 4 aromatic rings. The fraction of sp³-hybridized carbons (Fsp3) is 0.160. The van der Waals surface area contributed by atoms with Gasteiger partial charge < -0.3 is 19.4 Å². The van der Waals surface area contributed by atoms with Crippen LogP contribution in [0.25, 0.3) is 16.8 Å². The Morgan fingerprint density at radius 2 is 1.75 bits per heavy atom. The molecular weight excluding hydrogens is 427 g/mol. The number of carbonyl (C=O) groups excluding carboxylic acids is 1. The molecule has 1 N–H and O–H groups in total. The number of thiophene rings is 1. The highest BCUT2D eigenvalue weighted by molar-refractivity contribution is 7.13. The second-order valence-corrected chi connectivity index (χ2v) is 8.00. The zero-order valence-corrected chi connectivity index (χ0v) is 18.6. The van der Waals surface area contributed by atoms with Crippen molar-refractivity contribution in [1.29, 1.82) is 0 Å². The number of benzene rings is 2. The molecule has 0 bridgehead atoms. The van der Waals surface area contributed by atoms with Gasteiger partial charge in [-0.3, -0.25) is 4.79 Å². The number of methoxy groups -OCH3 is 2. The van der Waals surface area contributed by atoms with E-state index in [9.17, 15) is 9.18 Å². The highest BCUT2D eigenvalue weighted by Crippen LogP contribution is 2.35. The first-order chi connectivity index (χ1) is 15.6. The van der Waals surface area contributed by atoms with Gasteiger partial charge in [0.05, 0.1) is 19.9 Å². The van der Waals surface area contributed by atoms with Gasteiger partial charge in [-0.05, 0) is 53.9 Å². The van der Waals surface area contributed by atoms with E-state index < -0.39 is 0 Å². The predicted molar refractivity (Wildman–Crippen MR) is 125 cm³/mol. The Morgan fingerprint density at radius 3 is 2.44 bits per heavy atom. The van der Waals surface area contributed by atoms with Gasteiger partial charge in [0, 0.05) is 29.9 Å². The van der Waals surface area contributed by atoms with Crippen LogP contribution in [0.2, 0.25) is 0 Å². The third-order valence-electron chi connectivity index (χ3n) is 5.14. The molecule has 0 saturated carbocycles. The lowest BCUT2D eigenvalue weighted by Gasteiger charge is -2.11. The summed E-state index contributed by atoms with van der Waals surface area (Å²) in [4.78, 5) is 13.7. The Kier molecular flexibility index (Phi) is 6.56. The van der Waals surface area contributed by atoms with Gasteiger partial charge in [0.1, 0.15) is 10.7 Å². The molecule has 0 radical (unpaired) electrons. The lowest BCUT2D eigenvalue weighted by atomic mass is 10.1. The second-order valence-electron chi connectivity index (χ2n) is 7.12. The third-order valence-corrected chi connectivity index (χ3v) is 6.10. The summed E-state index contributed by atoms with van der Waals surface area (Å²) >= 11 is 1.38. The number of hydrogen-bond acceptors (Lipinski definition) is 4. The van der Waals surface area contributed by atoms with Gasteiger partial charge in [-0.25, -0.2) is 4.39 Å². The molecule has 0 spiro atoms. The Balaban J connectivity index is 1.53. The standard InChI is InChI=1S/C25H23FN2O3S/c1-30-21-10-5-17(15-22(21)31-2)11-12-27-25(29)24-23(28-13-3-4-14-28)20(16-32-24)18-6-8-19(26)9-7-18/h3-10,13-16H,11-12H2,1-2H3,(H,27,29). The molecule has 2 heterocycles. The zero-order valence-electron chi connectivity index (χ0n) is 17.8. The van der Waals surface area contributed by atoms with Gasteiger partial charge in [0.2, 0.25) is 0 Å². The molecule has 0 fully saturated rings. The fourth-order valence-corrected chi connectivity index (χ4v) is 4.51. The Hall–Kier alpha value is -3.58. The van der Waals surface area contributed by atoms with E-state index in [1.165, 1.54) is 23.5 Å². The molecule has 0 aliphatic heterocycles. The van der Waals surface area contributed by atoms with Gasteiger partial charge in [0.15, 0.2) is 11.5 Å². The van der Waals surface area contributed by atoms with Crippen LogP contribution in [0.3, 0.4) is 0 Å². The van der Waals surface area contributed by atoms with Crippen molar-refractivity contribution in [2.45, 2.75) is 6.42 Å². The molecule has 0 aliphatic rings. The van der Waals surface area contributed by atoms with Crippen molar-refractivity contribution in [3.8, 4) is 28.3 Å². The minimum absolute atomic E-state index is 0.146. The second kappa shape index (κ2) is 9.70. The van der Waals surface area contributed by atoms with Gasteiger partial charge in [-0.2, -0.15) is 0 Å². The first-order valence-electron chi connectivity index (χ1n) is 10.1. The van der Waals surface area contributed by atoms with E-state index >= 15 is 0 Å². The van der Waals surface area contributed by atoms with Crippen LogP contribution in [0.5, 0.6) is 11.5 Å². The molecule has 32 heavy (non-hydrogen) atoms. The summed E-state index contributed by atoms with van der Waals surface area (Å²) in [6.07, 6.45) is 4.45. The summed E-state index contributed by atoms with van der Waals surface area (Å²) in [6, 6.07) is 15.8. The maximum atomic E-state index is 13.4. The number of nitrogens with one attached hydrogen (secondary N) is 1. The van der Waals surface area contributed by atoms with Crippen molar-refractivity contribution in [2.75, 3.05) is 20.8 Å². The minimum Gasteiger partial charge on any atom is -0.493 e. The molecule has 7 heteroatoms. The zero-order chi connectivity index (χ0) is 22.5. The van der Waals surface area contributed by atoms with Crippen molar-refractivity contribution in [3.05, 3.63) is 88.6 Å². The quantitative estimate of drug-likeness (QED) is 0.395. The van der Waals surface area contributed by atoms with Gasteiger partial charge in [0.25, 0.3) is 5.91 Å². The van der Waals surface area contributed by atoms with Gasteiger partial charge in [-0.15, -0.1) is 11.3 Å². The molecule has 2 aromatic heterocycles. The molecular formula is C25H23FN2O3S. The number of aromatic nitrogens is 1. The van der Waals surface area contributed by atoms with E-state index in [4.69, 9.17) is 9.47 Å². The predicted octanol–water partition coefficient (Wildman–Crippen LogP) is 5.33. The third kappa shape index (κ3) is 4.53. The van der Waals surface area contributed by atoms with E-state index in [1.807, 2.05) is 52.7 Å². The summed E-state index contributed by atoms with van der Waals surface area (Å²) in [5, 5.41) is 4.95. The van der Waals surface area contributed by atoms with Crippen molar-refractivity contribution in [1.82, 2.24) is 9.88 Å². The van der Waals surface area contributed by atoms with Crippen molar-refractivity contribution >= 4 is 17.2 Å². The monoisotopic (exact) mass is 450 g/mol. The summed E-state index contributed by atoms with van der Waals surface area (Å²) in [5.74, 6) is 0.893. The summed E-state index contributed by atoms with van der Waals surface area (Å²) < 4.78 is 25.9. The number of carbonyl (C=O) groups is 1.